The monoisotopic (exact) mass is 220 g/mol. The van der Waals surface area contributed by atoms with Gasteiger partial charge in [-0.25, -0.2) is 4.79 Å². The van der Waals surface area contributed by atoms with Gasteiger partial charge >= 0.3 is 6.03 Å². The highest BCUT2D eigenvalue weighted by Crippen LogP contribution is 2.67. The number of carbonyl (C=O) groups excluding carboxylic acids is 2. The van der Waals surface area contributed by atoms with Gasteiger partial charge in [0.25, 0.3) is 0 Å². The molecule has 4 aliphatic rings. The lowest BCUT2D eigenvalue weighted by atomic mass is 10.0. The predicted octanol–water partition coefficient (Wildman–Crippen LogP) is 0.973. The smallest absolute Gasteiger partial charge is 0.320 e. The molecule has 4 rings (SSSR count). The molecule has 0 radical (unpaired) electrons. The van der Waals surface area contributed by atoms with Crippen molar-refractivity contribution in [3.63, 3.8) is 0 Å². The number of fused-ring (bicyclic) bond motifs is 5. The minimum atomic E-state index is -0.143. The number of amides is 3. The van der Waals surface area contributed by atoms with Gasteiger partial charge in [0.2, 0.25) is 5.91 Å². The molecule has 1 N–H and O–H groups in total. The van der Waals surface area contributed by atoms with Gasteiger partial charge in [0, 0.05) is 19.0 Å². The van der Waals surface area contributed by atoms with Crippen molar-refractivity contribution in [2.24, 2.45) is 23.7 Å². The van der Waals surface area contributed by atoms with Crippen LogP contribution in [0, 0.1) is 23.7 Å². The van der Waals surface area contributed by atoms with Crippen molar-refractivity contribution in [2.75, 3.05) is 6.54 Å². The van der Waals surface area contributed by atoms with Crippen LogP contribution in [0.3, 0.4) is 0 Å². The number of rotatable bonds is 1. The van der Waals surface area contributed by atoms with Crippen LogP contribution in [0.2, 0.25) is 0 Å². The van der Waals surface area contributed by atoms with E-state index in [4.69, 9.17) is 0 Å². The number of carbonyl (C=O) groups is 2. The van der Waals surface area contributed by atoms with E-state index in [1.165, 1.54) is 19.3 Å². The van der Waals surface area contributed by atoms with E-state index < -0.39 is 0 Å². The number of urea groups is 1. The van der Waals surface area contributed by atoms with E-state index in [0.29, 0.717) is 19.0 Å². The molecule has 1 aliphatic heterocycles. The summed E-state index contributed by atoms with van der Waals surface area (Å²) in [6.07, 6.45) is 4.63. The maximum Gasteiger partial charge on any atom is 0.324 e. The lowest BCUT2D eigenvalue weighted by Gasteiger charge is -2.29. The second-order valence-corrected chi connectivity index (χ2v) is 5.78. The largest absolute Gasteiger partial charge is 0.324 e. The van der Waals surface area contributed by atoms with Crippen molar-refractivity contribution >= 4 is 11.9 Å². The van der Waals surface area contributed by atoms with E-state index in [1.54, 1.807) is 0 Å². The van der Waals surface area contributed by atoms with Crippen molar-refractivity contribution in [3.8, 4) is 0 Å². The zero-order valence-corrected chi connectivity index (χ0v) is 9.19. The Balaban J connectivity index is 1.53. The number of imide groups is 1. The molecule has 4 fully saturated rings. The number of hydrogen-bond donors (Lipinski definition) is 1. The second-order valence-electron chi connectivity index (χ2n) is 5.78. The Labute approximate surface area is 94.4 Å². The molecule has 4 nitrogen and oxygen atoms in total. The average molecular weight is 220 g/mol. The molecule has 4 atom stereocenters. The van der Waals surface area contributed by atoms with Gasteiger partial charge < -0.3 is 4.90 Å². The summed E-state index contributed by atoms with van der Waals surface area (Å²) in [6.45, 7) is 0.641. The van der Waals surface area contributed by atoms with Gasteiger partial charge in [-0.05, 0) is 42.9 Å². The highest BCUT2D eigenvalue weighted by molar-refractivity contribution is 5.96. The first-order chi connectivity index (χ1) is 7.75. The normalized spacial score (nSPS) is 49.2. The maximum absolute atomic E-state index is 11.7. The zero-order valence-electron chi connectivity index (χ0n) is 9.19. The summed E-state index contributed by atoms with van der Waals surface area (Å²) in [5.74, 6) is 3.20. The van der Waals surface area contributed by atoms with Gasteiger partial charge in [0.15, 0.2) is 0 Å². The third-order valence-electron chi connectivity index (χ3n) is 5.14. The molecular formula is C12H16N2O2. The summed E-state index contributed by atoms with van der Waals surface area (Å²) >= 11 is 0. The fraction of sp³-hybridized carbons (Fsp3) is 0.833. The quantitative estimate of drug-likeness (QED) is 0.716. The van der Waals surface area contributed by atoms with Gasteiger partial charge in [0.05, 0.1) is 0 Å². The van der Waals surface area contributed by atoms with Crippen LogP contribution in [-0.4, -0.2) is 29.4 Å². The van der Waals surface area contributed by atoms with Crippen molar-refractivity contribution in [3.05, 3.63) is 0 Å². The van der Waals surface area contributed by atoms with E-state index in [0.717, 1.165) is 23.7 Å². The summed E-state index contributed by atoms with van der Waals surface area (Å²) in [4.78, 5) is 24.8. The molecule has 0 aromatic carbocycles. The summed E-state index contributed by atoms with van der Waals surface area (Å²) in [5, 5.41) is 2.44. The topological polar surface area (TPSA) is 49.4 Å². The molecule has 16 heavy (non-hydrogen) atoms. The highest BCUT2D eigenvalue weighted by atomic mass is 16.2. The third-order valence-corrected chi connectivity index (χ3v) is 5.14. The fourth-order valence-corrected chi connectivity index (χ4v) is 4.56. The summed E-state index contributed by atoms with van der Waals surface area (Å²) < 4.78 is 0. The van der Waals surface area contributed by atoms with Crippen LogP contribution < -0.4 is 5.32 Å². The predicted molar refractivity (Wildman–Crippen MR) is 56.5 cm³/mol. The fourth-order valence-electron chi connectivity index (χ4n) is 4.56. The Bertz CT molecular complexity index is 365. The molecule has 0 aromatic heterocycles. The van der Waals surface area contributed by atoms with E-state index in [1.807, 2.05) is 4.90 Å². The zero-order chi connectivity index (χ0) is 10.9. The SMILES string of the molecule is O=C1CCN(C2C3C4CCC(C4)C32)C(=O)N1. The Kier molecular flexibility index (Phi) is 1.57. The molecule has 1 saturated heterocycles. The van der Waals surface area contributed by atoms with Crippen molar-refractivity contribution < 1.29 is 9.59 Å². The summed E-state index contributed by atoms with van der Waals surface area (Å²) in [7, 11) is 0. The number of nitrogens with one attached hydrogen (secondary N) is 1. The average Bonchev–Trinajstić information content (AvgIpc) is 2.67. The summed E-state index contributed by atoms with van der Waals surface area (Å²) in [5.41, 5.74) is 0. The molecule has 86 valence electrons. The second kappa shape index (κ2) is 2.79. The molecule has 1 heterocycles. The molecule has 0 spiro atoms. The van der Waals surface area contributed by atoms with Gasteiger partial charge in [-0.2, -0.15) is 0 Å². The maximum atomic E-state index is 11.7. The molecule has 3 saturated carbocycles. The van der Waals surface area contributed by atoms with Crippen LogP contribution in [-0.2, 0) is 4.79 Å². The summed E-state index contributed by atoms with van der Waals surface area (Å²) in [6, 6.07) is 0.328. The van der Waals surface area contributed by atoms with Crippen LogP contribution >= 0.6 is 0 Å². The van der Waals surface area contributed by atoms with Gasteiger partial charge in [-0.1, -0.05) is 0 Å². The van der Waals surface area contributed by atoms with Crippen LogP contribution in [0.25, 0.3) is 0 Å². The molecule has 0 aromatic rings. The molecule has 3 amide bonds. The van der Waals surface area contributed by atoms with E-state index in [-0.39, 0.29) is 11.9 Å². The Morgan fingerprint density at radius 3 is 2.44 bits per heavy atom. The first-order valence-corrected chi connectivity index (χ1v) is 6.36. The van der Waals surface area contributed by atoms with Crippen LogP contribution in [0.4, 0.5) is 4.79 Å². The molecule has 3 aliphatic carbocycles. The number of nitrogens with zero attached hydrogens (tertiary/aromatic N) is 1. The lowest BCUT2D eigenvalue weighted by molar-refractivity contribution is -0.121. The first kappa shape index (κ1) is 9.02. The molecule has 4 unspecified atom stereocenters. The first-order valence-electron chi connectivity index (χ1n) is 6.36. The van der Waals surface area contributed by atoms with Crippen LogP contribution in [0.5, 0.6) is 0 Å². The molecule has 4 heteroatoms. The lowest BCUT2D eigenvalue weighted by Crippen LogP contribution is -2.51. The van der Waals surface area contributed by atoms with Crippen LogP contribution in [0.15, 0.2) is 0 Å². The third kappa shape index (κ3) is 1.00. The van der Waals surface area contributed by atoms with E-state index in [9.17, 15) is 9.59 Å². The standard InChI is InChI=1S/C12H16N2O2/c15-8-3-4-14(12(16)13-8)11-9-6-1-2-7(5-6)10(9)11/h6-7,9-11H,1-5H2,(H,13,15,16). The van der Waals surface area contributed by atoms with Crippen molar-refractivity contribution in [1.29, 1.82) is 0 Å². The molecule has 2 bridgehead atoms. The number of hydrogen-bond acceptors (Lipinski definition) is 2. The van der Waals surface area contributed by atoms with Crippen molar-refractivity contribution in [1.82, 2.24) is 10.2 Å². The van der Waals surface area contributed by atoms with Gasteiger partial charge in [0.1, 0.15) is 0 Å². The highest BCUT2D eigenvalue weighted by Gasteiger charge is 2.67. The Morgan fingerprint density at radius 1 is 1.12 bits per heavy atom. The van der Waals surface area contributed by atoms with E-state index in [2.05, 4.69) is 5.32 Å². The Morgan fingerprint density at radius 2 is 1.81 bits per heavy atom. The molecular weight excluding hydrogens is 204 g/mol. The van der Waals surface area contributed by atoms with Gasteiger partial charge in [-0.15, -0.1) is 0 Å². The van der Waals surface area contributed by atoms with Crippen molar-refractivity contribution in [2.45, 2.75) is 31.7 Å². The minimum Gasteiger partial charge on any atom is -0.320 e. The Hall–Kier alpha value is -1.06. The van der Waals surface area contributed by atoms with Gasteiger partial charge in [-0.3, -0.25) is 10.1 Å². The minimum absolute atomic E-state index is 0.116. The van der Waals surface area contributed by atoms with E-state index >= 15 is 0 Å². The van der Waals surface area contributed by atoms with Crippen LogP contribution in [0.1, 0.15) is 25.7 Å².